The average Bonchev–Trinajstić information content (AvgIpc) is 2.63. The lowest BCUT2D eigenvalue weighted by Gasteiger charge is -2.38. The molecule has 1 atom stereocenters. The van der Waals surface area contributed by atoms with Crippen molar-refractivity contribution in [3.63, 3.8) is 0 Å². The number of para-hydroxylation sites is 1. The maximum Gasteiger partial charge on any atom is 0.214 e. The number of hydrogen-bond donors (Lipinski definition) is 0. The summed E-state index contributed by atoms with van der Waals surface area (Å²) in [6.07, 6.45) is 0. The molecule has 3 aromatic rings. The lowest BCUT2D eigenvalue weighted by molar-refractivity contribution is 0.629. The zero-order valence-corrected chi connectivity index (χ0v) is 17.7. The summed E-state index contributed by atoms with van der Waals surface area (Å²) in [4.78, 5) is 2.13. The van der Waals surface area contributed by atoms with Crippen LogP contribution in [0.25, 0.3) is 0 Å². The molecule has 1 unspecified atom stereocenters. The first kappa shape index (κ1) is 19.6. The highest BCUT2D eigenvalue weighted by atomic mass is 79.9. The van der Waals surface area contributed by atoms with Gasteiger partial charge in [0, 0.05) is 16.7 Å². The molecule has 0 fully saturated rings. The second kappa shape index (κ2) is 8.67. The molecule has 1 nitrogen and oxygen atoms in total. The van der Waals surface area contributed by atoms with Crippen LogP contribution in [0.4, 0.5) is 5.69 Å². The predicted molar refractivity (Wildman–Crippen MR) is 116 cm³/mol. The van der Waals surface area contributed by atoms with Gasteiger partial charge < -0.3 is 4.90 Å². The van der Waals surface area contributed by atoms with Gasteiger partial charge in [-0.2, -0.15) is 0 Å². The smallest absolute Gasteiger partial charge is 0.214 e. The molecule has 0 radical (unpaired) electrons. The van der Waals surface area contributed by atoms with Gasteiger partial charge >= 0.3 is 0 Å². The van der Waals surface area contributed by atoms with Crippen LogP contribution in [0.3, 0.4) is 0 Å². The van der Waals surface area contributed by atoms with E-state index in [9.17, 15) is 0 Å². The monoisotopic (exact) mass is 467 g/mol. The van der Waals surface area contributed by atoms with E-state index in [-0.39, 0.29) is 0 Å². The van der Waals surface area contributed by atoms with Crippen molar-refractivity contribution in [3.8, 4) is 0 Å². The second-order valence-corrected chi connectivity index (χ2v) is 9.23. The van der Waals surface area contributed by atoms with Gasteiger partial charge in [0.15, 0.2) is 0 Å². The van der Waals surface area contributed by atoms with Gasteiger partial charge in [-0.25, -0.2) is 0 Å². The van der Waals surface area contributed by atoms with Crippen LogP contribution in [0.15, 0.2) is 89.4 Å². The topological polar surface area (TPSA) is 3.24 Å². The fourth-order valence-electron chi connectivity index (χ4n) is 2.92. The molecule has 134 valence electrons. The maximum absolute atomic E-state index is 6.46. The van der Waals surface area contributed by atoms with Crippen molar-refractivity contribution in [2.24, 2.45) is 0 Å². The van der Waals surface area contributed by atoms with Crippen molar-refractivity contribution in [3.05, 3.63) is 101 Å². The van der Waals surface area contributed by atoms with E-state index in [0.29, 0.717) is 6.54 Å². The molecule has 0 saturated carbocycles. The molecule has 0 spiro atoms. The van der Waals surface area contributed by atoms with Crippen molar-refractivity contribution >= 4 is 56.4 Å². The number of rotatable bonds is 5. The second-order valence-electron chi connectivity index (χ2n) is 5.94. The number of benzene rings is 3. The Morgan fingerprint density at radius 3 is 1.85 bits per heavy atom. The summed E-state index contributed by atoms with van der Waals surface area (Å²) >= 11 is 22.9. The molecule has 5 heteroatoms. The van der Waals surface area contributed by atoms with Crippen LogP contribution in [0.2, 0.25) is 0 Å². The minimum atomic E-state index is -1.50. The summed E-state index contributed by atoms with van der Waals surface area (Å²) in [6.45, 7) is 0.624. The molecule has 26 heavy (non-hydrogen) atoms. The molecule has 3 rings (SSSR count). The molecule has 0 N–H and O–H groups in total. The summed E-state index contributed by atoms with van der Waals surface area (Å²) in [5.41, 5.74) is 3.08. The Balaban J connectivity index is 2.08. The number of nitrogens with zero attached hydrogens (tertiary/aromatic N) is 1. The predicted octanol–water partition coefficient (Wildman–Crippen LogP) is 7.57. The van der Waals surface area contributed by atoms with Gasteiger partial charge in [0.05, 0.1) is 0 Å². The number of anilines is 1. The Hall–Kier alpha value is -1.19. The number of halogens is 4. The summed E-state index contributed by atoms with van der Waals surface area (Å²) in [5.74, 6) is 0. The molecule has 0 aliphatic rings. The molecule has 3 aromatic carbocycles. The first-order valence-electron chi connectivity index (χ1n) is 8.13. The highest BCUT2D eigenvalue weighted by Crippen LogP contribution is 2.46. The minimum absolute atomic E-state index is 0.441. The van der Waals surface area contributed by atoms with Gasteiger partial charge in [-0.05, 0) is 35.4 Å². The van der Waals surface area contributed by atoms with E-state index < -0.39 is 9.83 Å². The van der Waals surface area contributed by atoms with E-state index in [1.807, 2.05) is 72.8 Å². The Labute approximate surface area is 177 Å². The van der Waals surface area contributed by atoms with Crippen molar-refractivity contribution in [1.29, 1.82) is 0 Å². The van der Waals surface area contributed by atoms with Gasteiger partial charge in [0.2, 0.25) is 3.79 Å². The standard InChI is InChI=1S/C21H17BrCl3N/c22-18-13-11-17(12-14-18)20(21(23,24)25)26(19-9-5-2-6-10-19)15-16-7-3-1-4-8-16/h1-14,20H,15H2. The Morgan fingerprint density at radius 2 is 1.31 bits per heavy atom. The molecular formula is C21H17BrCl3N. The third kappa shape index (κ3) is 4.95. The Bertz CT molecular complexity index is 817. The Morgan fingerprint density at radius 1 is 0.769 bits per heavy atom. The van der Waals surface area contributed by atoms with E-state index >= 15 is 0 Å². The highest BCUT2D eigenvalue weighted by Gasteiger charge is 2.38. The zero-order chi connectivity index (χ0) is 18.6. The quantitative estimate of drug-likeness (QED) is 0.348. The van der Waals surface area contributed by atoms with Crippen LogP contribution in [0.5, 0.6) is 0 Å². The van der Waals surface area contributed by atoms with Crippen LogP contribution < -0.4 is 4.90 Å². The van der Waals surface area contributed by atoms with Crippen molar-refractivity contribution in [2.75, 3.05) is 4.90 Å². The fraction of sp³-hybridized carbons (Fsp3) is 0.143. The van der Waals surface area contributed by atoms with Crippen LogP contribution in [-0.2, 0) is 6.54 Å². The van der Waals surface area contributed by atoms with E-state index in [1.165, 1.54) is 0 Å². The zero-order valence-electron chi connectivity index (χ0n) is 13.8. The molecule has 0 saturated heterocycles. The van der Waals surface area contributed by atoms with E-state index in [0.717, 1.165) is 21.3 Å². The van der Waals surface area contributed by atoms with Gasteiger partial charge in [0.1, 0.15) is 6.04 Å². The first-order chi connectivity index (χ1) is 12.4. The normalized spacial score (nSPS) is 12.6. The molecule has 0 bridgehead atoms. The highest BCUT2D eigenvalue weighted by molar-refractivity contribution is 9.10. The summed E-state index contributed by atoms with van der Waals surface area (Å²) in [7, 11) is 0. The van der Waals surface area contributed by atoms with Crippen molar-refractivity contribution in [2.45, 2.75) is 16.4 Å². The lowest BCUT2D eigenvalue weighted by Crippen LogP contribution is -2.36. The average molecular weight is 470 g/mol. The third-order valence-corrected chi connectivity index (χ3v) is 5.24. The molecule has 0 aliphatic heterocycles. The van der Waals surface area contributed by atoms with Crippen molar-refractivity contribution < 1.29 is 0 Å². The number of hydrogen-bond acceptors (Lipinski definition) is 1. The summed E-state index contributed by atoms with van der Waals surface area (Å²) in [5, 5.41) is 0. The van der Waals surface area contributed by atoms with Crippen LogP contribution >= 0.6 is 50.7 Å². The maximum atomic E-state index is 6.46. The van der Waals surface area contributed by atoms with Gasteiger partial charge in [0.25, 0.3) is 0 Å². The van der Waals surface area contributed by atoms with E-state index in [2.05, 4.69) is 33.0 Å². The third-order valence-electron chi connectivity index (χ3n) is 4.09. The van der Waals surface area contributed by atoms with Gasteiger partial charge in [-0.3, -0.25) is 0 Å². The molecular weight excluding hydrogens is 453 g/mol. The minimum Gasteiger partial charge on any atom is -0.356 e. The van der Waals surface area contributed by atoms with Crippen LogP contribution in [-0.4, -0.2) is 3.79 Å². The molecule has 0 heterocycles. The van der Waals surface area contributed by atoms with Crippen molar-refractivity contribution in [1.82, 2.24) is 0 Å². The SMILES string of the molecule is ClC(Cl)(Cl)C(c1ccc(Br)cc1)N(Cc1ccccc1)c1ccccc1. The van der Waals surface area contributed by atoms with Gasteiger partial charge in [-0.1, -0.05) is 111 Å². The Kier molecular flexibility index (Phi) is 6.52. The molecule has 0 amide bonds. The summed E-state index contributed by atoms with van der Waals surface area (Å²) < 4.78 is -0.517. The first-order valence-corrected chi connectivity index (χ1v) is 10.1. The van der Waals surface area contributed by atoms with Crippen LogP contribution in [0.1, 0.15) is 17.2 Å². The largest absolute Gasteiger partial charge is 0.356 e. The van der Waals surface area contributed by atoms with E-state index in [1.54, 1.807) is 0 Å². The molecule has 0 aliphatic carbocycles. The van der Waals surface area contributed by atoms with E-state index in [4.69, 9.17) is 34.8 Å². The van der Waals surface area contributed by atoms with Crippen LogP contribution in [0, 0.1) is 0 Å². The van der Waals surface area contributed by atoms with Gasteiger partial charge in [-0.15, -0.1) is 0 Å². The molecule has 0 aromatic heterocycles. The fourth-order valence-corrected chi connectivity index (χ4v) is 3.92. The lowest BCUT2D eigenvalue weighted by atomic mass is 10.0. The number of alkyl halides is 3. The summed E-state index contributed by atoms with van der Waals surface area (Å²) in [6, 6.07) is 27.7.